The Balaban J connectivity index is 1.55. The fraction of sp³-hybridized carbons (Fsp3) is 0.579. The Morgan fingerprint density at radius 2 is 1.75 bits per heavy atom. The Morgan fingerprint density at radius 1 is 1.04 bits per heavy atom. The maximum atomic E-state index is 4.59. The number of aromatic nitrogens is 3. The van der Waals surface area contributed by atoms with Crippen molar-refractivity contribution in [3.05, 3.63) is 35.9 Å². The van der Waals surface area contributed by atoms with Crippen LogP contribution < -0.4 is 4.90 Å². The lowest BCUT2D eigenvalue weighted by molar-refractivity contribution is 0.429. The Morgan fingerprint density at radius 3 is 2.42 bits per heavy atom. The van der Waals surface area contributed by atoms with Gasteiger partial charge in [0.15, 0.2) is 5.16 Å². The van der Waals surface area contributed by atoms with Crippen LogP contribution in [0.15, 0.2) is 35.5 Å². The number of hydrogen-bond acceptors (Lipinski definition) is 4. The van der Waals surface area contributed by atoms with Crippen molar-refractivity contribution >= 4 is 17.7 Å². The van der Waals surface area contributed by atoms with Gasteiger partial charge in [0.05, 0.1) is 0 Å². The molecule has 1 saturated carbocycles. The first-order valence-corrected chi connectivity index (χ1v) is 10.0. The summed E-state index contributed by atoms with van der Waals surface area (Å²) in [7, 11) is 0. The predicted octanol–water partition coefficient (Wildman–Crippen LogP) is 4.70. The van der Waals surface area contributed by atoms with Gasteiger partial charge in [-0.05, 0) is 44.1 Å². The van der Waals surface area contributed by atoms with E-state index in [0.29, 0.717) is 11.3 Å². The summed E-state index contributed by atoms with van der Waals surface area (Å²) in [6, 6.07) is 11.3. The van der Waals surface area contributed by atoms with Gasteiger partial charge in [-0.25, -0.2) is 0 Å². The molecule has 1 aromatic heterocycles. The van der Waals surface area contributed by atoms with Gasteiger partial charge in [0.1, 0.15) is 0 Å². The molecule has 0 amide bonds. The van der Waals surface area contributed by atoms with Crippen LogP contribution in [0, 0.1) is 5.92 Å². The van der Waals surface area contributed by atoms with E-state index < -0.39 is 0 Å². The van der Waals surface area contributed by atoms with E-state index in [1.54, 1.807) is 0 Å². The quantitative estimate of drug-likeness (QED) is 0.737. The number of thioether (sulfide) groups is 1. The van der Waals surface area contributed by atoms with Crippen molar-refractivity contribution in [3.63, 3.8) is 0 Å². The molecule has 0 bridgehead atoms. The SMILES string of the molecule is CC1CCN(c2nnc(S[C@H](C)c3ccccc3)n2C2CC2)CC1. The molecule has 0 unspecified atom stereocenters. The number of nitrogens with zero attached hydrogens (tertiary/aromatic N) is 4. The predicted molar refractivity (Wildman–Crippen MR) is 99.6 cm³/mol. The van der Waals surface area contributed by atoms with Crippen molar-refractivity contribution in [2.24, 2.45) is 5.92 Å². The number of rotatable bonds is 5. The van der Waals surface area contributed by atoms with Gasteiger partial charge in [0.25, 0.3) is 0 Å². The van der Waals surface area contributed by atoms with Crippen molar-refractivity contribution < 1.29 is 0 Å². The van der Waals surface area contributed by atoms with Gasteiger partial charge in [-0.1, -0.05) is 49.0 Å². The van der Waals surface area contributed by atoms with E-state index in [2.05, 4.69) is 63.8 Å². The van der Waals surface area contributed by atoms with Crippen LogP contribution in [0.25, 0.3) is 0 Å². The van der Waals surface area contributed by atoms with Crippen LogP contribution in [0.1, 0.15) is 56.4 Å². The molecule has 1 aliphatic carbocycles. The summed E-state index contributed by atoms with van der Waals surface area (Å²) in [5, 5.41) is 10.6. The summed E-state index contributed by atoms with van der Waals surface area (Å²) < 4.78 is 2.42. The van der Waals surface area contributed by atoms with Crippen molar-refractivity contribution in [2.45, 2.75) is 56.0 Å². The summed E-state index contributed by atoms with van der Waals surface area (Å²) >= 11 is 1.84. The molecule has 2 fully saturated rings. The molecule has 128 valence electrons. The summed E-state index contributed by atoms with van der Waals surface area (Å²) in [5.41, 5.74) is 1.35. The first kappa shape index (κ1) is 16.0. The lowest BCUT2D eigenvalue weighted by atomic mass is 10.00. The number of piperidine rings is 1. The summed E-state index contributed by atoms with van der Waals surface area (Å²) in [6.45, 7) is 6.84. The third-order valence-corrected chi connectivity index (χ3v) is 6.29. The van der Waals surface area contributed by atoms with E-state index in [4.69, 9.17) is 0 Å². The number of anilines is 1. The third-order valence-electron chi connectivity index (χ3n) is 5.18. The normalized spacial score (nSPS) is 20.3. The summed E-state index contributed by atoms with van der Waals surface area (Å²) in [5.74, 6) is 1.94. The van der Waals surface area contributed by atoms with Crippen LogP contribution in [-0.2, 0) is 0 Å². The average molecular weight is 343 g/mol. The van der Waals surface area contributed by atoms with Crippen LogP contribution in [0.4, 0.5) is 5.95 Å². The molecule has 2 aromatic rings. The Bertz CT molecular complexity index is 672. The Kier molecular flexibility index (Phi) is 4.53. The molecular formula is C19H26N4S. The van der Waals surface area contributed by atoms with Gasteiger partial charge in [-0.15, -0.1) is 10.2 Å². The molecule has 4 nitrogen and oxygen atoms in total. The molecule has 1 aromatic carbocycles. The monoisotopic (exact) mass is 342 g/mol. The zero-order valence-electron chi connectivity index (χ0n) is 14.6. The molecule has 0 radical (unpaired) electrons. The third kappa shape index (κ3) is 3.32. The highest BCUT2D eigenvalue weighted by Gasteiger charge is 2.33. The van der Waals surface area contributed by atoms with Crippen LogP contribution in [0.5, 0.6) is 0 Å². The van der Waals surface area contributed by atoms with E-state index in [1.807, 2.05) is 11.8 Å². The van der Waals surface area contributed by atoms with Crippen molar-refractivity contribution in [3.8, 4) is 0 Å². The van der Waals surface area contributed by atoms with Crippen molar-refractivity contribution in [2.75, 3.05) is 18.0 Å². The first-order valence-electron chi connectivity index (χ1n) is 9.14. The van der Waals surface area contributed by atoms with Gasteiger partial charge in [-0.2, -0.15) is 0 Å². The second-order valence-electron chi connectivity index (χ2n) is 7.22. The molecule has 1 saturated heterocycles. The van der Waals surface area contributed by atoms with E-state index in [0.717, 1.165) is 30.1 Å². The number of benzene rings is 1. The highest BCUT2D eigenvalue weighted by molar-refractivity contribution is 7.99. The van der Waals surface area contributed by atoms with Gasteiger partial charge < -0.3 is 4.90 Å². The van der Waals surface area contributed by atoms with Crippen molar-refractivity contribution in [1.29, 1.82) is 0 Å². The maximum absolute atomic E-state index is 4.59. The zero-order chi connectivity index (χ0) is 16.5. The number of hydrogen-bond donors (Lipinski definition) is 0. The highest BCUT2D eigenvalue weighted by atomic mass is 32.2. The van der Waals surface area contributed by atoms with Crippen LogP contribution >= 0.6 is 11.8 Å². The average Bonchev–Trinajstić information content (AvgIpc) is 3.37. The molecule has 1 atom stereocenters. The molecule has 4 rings (SSSR count). The summed E-state index contributed by atoms with van der Waals surface area (Å²) in [6.07, 6.45) is 5.06. The van der Waals surface area contributed by atoms with E-state index >= 15 is 0 Å². The lowest BCUT2D eigenvalue weighted by Gasteiger charge is -2.31. The minimum atomic E-state index is 0.391. The second kappa shape index (κ2) is 6.79. The van der Waals surface area contributed by atoms with E-state index in [-0.39, 0.29) is 0 Å². The van der Waals surface area contributed by atoms with Gasteiger partial charge in [0, 0.05) is 24.4 Å². The largest absolute Gasteiger partial charge is 0.341 e. The van der Waals surface area contributed by atoms with Gasteiger partial charge >= 0.3 is 0 Å². The first-order chi connectivity index (χ1) is 11.7. The highest BCUT2D eigenvalue weighted by Crippen LogP contribution is 2.44. The maximum Gasteiger partial charge on any atom is 0.228 e. The summed E-state index contributed by atoms with van der Waals surface area (Å²) in [4.78, 5) is 2.45. The zero-order valence-corrected chi connectivity index (χ0v) is 15.4. The molecule has 0 N–H and O–H groups in total. The molecule has 1 aliphatic heterocycles. The van der Waals surface area contributed by atoms with Crippen LogP contribution in [-0.4, -0.2) is 27.9 Å². The minimum Gasteiger partial charge on any atom is -0.341 e. The topological polar surface area (TPSA) is 34.0 Å². The Labute approximate surface area is 148 Å². The molecule has 0 spiro atoms. The van der Waals surface area contributed by atoms with Crippen LogP contribution in [0.2, 0.25) is 0 Å². The lowest BCUT2D eigenvalue weighted by Crippen LogP contribution is -2.34. The van der Waals surface area contributed by atoms with Gasteiger partial charge in [0.2, 0.25) is 5.95 Å². The second-order valence-corrected chi connectivity index (χ2v) is 8.53. The van der Waals surface area contributed by atoms with E-state index in [1.165, 1.54) is 31.2 Å². The molecule has 5 heteroatoms. The standard InChI is InChI=1S/C19H26N4S/c1-14-10-12-22(13-11-14)18-20-21-19(23(18)17-8-9-17)24-15(2)16-6-4-3-5-7-16/h3-7,14-15,17H,8-13H2,1-2H3/t15-/m1/s1. The van der Waals surface area contributed by atoms with Crippen molar-refractivity contribution in [1.82, 2.24) is 14.8 Å². The molecule has 2 heterocycles. The minimum absolute atomic E-state index is 0.391. The fourth-order valence-corrected chi connectivity index (χ4v) is 4.42. The van der Waals surface area contributed by atoms with Gasteiger partial charge in [-0.3, -0.25) is 4.57 Å². The van der Waals surface area contributed by atoms with E-state index in [9.17, 15) is 0 Å². The Hall–Kier alpha value is -1.49. The molecule has 2 aliphatic rings. The molecular weight excluding hydrogens is 316 g/mol. The molecule has 24 heavy (non-hydrogen) atoms. The smallest absolute Gasteiger partial charge is 0.228 e. The van der Waals surface area contributed by atoms with Crippen LogP contribution in [0.3, 0.4) is 0 Å². The fourth-order valence-electron chi connectivity index (χ4n) is 3.38.